The Morgan fingerprint density at radius 3 is 0.766 bits per heavy atom. The predicted octanol–water partition coefficient (Wildman–Crippen LogP) is 18.9. The Hall–Kier alpha value is -1.59. The van der Waals surface area contributed by atoms with E-state index in [-0.39, 0.29) is 31.1 Å². The lowest BCUT2D eigenvalue weighted by atomic mass is 10.0. The van der Waals surface area contributed by atoms with E-state index in [0.29, 0.717) is 19.3 Å². The van der Waals surface area contributed by atoms with Gasteiger partial charge in [-0.05, 0) is 31.1 Å². The fourth-order valence-corrected chi connectivity index (χ4v) is 8.87. The molecule has 380 valence electrons. The molecule has 0 bridgehead atoms. The van der Waals surface area contributed by atoms with E-state index in [1.807, 2.05) is 0 Å². The standard InChI is InChI=1S/C58H112O6/c1-6-7-8-9-31-40-45-50-58(61)64-55(52-63-57(60)49-44-39-35-30-26-22-18-14-16-20-24-28-33-37-42-47-54(4)5)51-62-56(59)48-43-38-34-29-25-21-17-13-11-10-12-15-19-23-27-32-36-41-46-53(2)3/h53-55H,6-52H2,1-5H3/t55-/m1/s1. The van der Waals surface area contributed by atoms with Crippen molar-refractivity contribution in [2.45, 2.75) is 330 Å². The van der Waals surface area contributed by atoms with Crippen molar-refractivity contribution in [2.24, 2.45) is 11.8 Å². The summed E-state index contributed by atoms with van der Waals surface area (Å²) in [5.41, 5.74) is 0. The highest BCUT2D eigenvalue weighted by Gasteiger charge is 2.19. The zero-order valence-corrected chi connectivity index (χ0v) is 43.9. The highest BCUT2D eigenvalue weighted by atomic mass is 16.6. The average Bonchev–Trinajstić information content (AvgIpc) is 3.27. The van der Waals surface area contributed by atoms with Crippen LogP contribution in [0.4, 0.5) is 0 Å². The Bertz CT molecular complexity index is 978. The summed E-state index contributed by atoms with van der Waals surface area (Å²) in [6.07, 6.45) is 54.0. The first-order valence-electron chi connectivity index (χ1n) is 28.7. The van der Waals surface area contributed by atoms with Crippen LogP contribution in [0, 0.1) is 11.8 Å². The summed E-state index contributed by atoms with van der Waals surface area (Å²) in [4.78, 5) is 37.9. The van der Waals surface area contributed by atoms with Gasteiger partial charge in [-0.1, -0.05) is 285 Å². The maximum Gasteiger partial charge on any atom is 0.306 e. The van der Waals surface area contributed by atoms with Gasteiger partial charge < -0.3 is 14.2 Å². The van der Waals surface area contributed by atoms with Crippen molar-refractivity contribution >= 4 is 17.9 Å². The molecular formula is C58H112O6. The molecule has 0 aliphatic heterocycles. The Morgan fingerprint density at radius 1 is 0.297 bits per heavy atom. The molecule has 0 amide bonds. The van der Waals surface area contributed by atoms with Crippen molar-refractivity contribution in [3.05, 3.63) is 0 Å². The second-order valence-corrected chi connectivity index (χ2v) is 20.9. The lowest BCUT2D eigenvalue weighted by Crippen LogP contribution is -2.30. The molecule has 0 saturated carbocycles. The average molecular weight is 906 g/mol. The van der Waals surface area contributed by atoms with Crippen molar-refractivity contribution in [1.82, 2.24) is 0 Å². The fraction of sp³-hybridized carbons (Fsp3) is 0.948. The van der Waals surface area contributed by atoms with Gasteiger partial charge in [0.25, 0.3) is 0 Å². The maximum atomic E-state index is 12.7. The predicted molar refractivity (Wildman–Crippen MR) is 275 cm³/mol. The van der Waals surface area contributed by atoms with Crippen LogP contribution in [-0.4, -0.2) is 37.2 Å². The molecule has 0 fully saturated rings. The van der Waals surface area contributed by atoms with Gasteiger partial charge in [0.2, 0.25) is 0 Å². The Morgan fingerprint density at radius 2 is 0.516 bits per heavy atom. The molecule has 0 rings (SSSR count). The minimum Gasteiger partial charge on any atom is -0.462 e. The van der Waals surface area contributed by atoms with Gasteiger partial charge in [0, 0.05) is 19.3 Å². The molecular weight excluding hydrogens is 793 g/mol. The van der Waals surface area contributed by atoms with E-state index < -0.39 is 6.10 Å². The fourth-order valence-electron chi connectivity index (χ4n) is 8.87. The monoisotopic (exact) mass is 905 g/mol. The van der Waals surface area contributed by atoms with E-state index in [9.17, 15) is 14.4 Å². The van der Waals surface area contributed by atoms with Crippen molar-refractivity contribution in [3.63, 3.8) is 0 Å². The van der Waals surface area contributed by atoms with Crippen LogP contribution < -0.4 is 0 Å². The van der Waals surface area contributed by atoms with E-state index in [0.717, 1.165) is 69.6 Å². The molecule has 64 heavy (non-hydrogen) atoms. The lowest BCUT2D eigenvalue weighted by Gasteiger charge is -2.18. The van der Waals surface area contributed by atoms with E-state index in [1.165, 1.54) is 212 Å². The number of ether oxygens (including phenoxy) is 3. The minimum atomic E-state index is -0.761. The summed E-state index contributed by atoms with van der Waals surface area (Å²) in [6, 6.07) is 0. The second-order valence-electron chi connectivity index (χ2n) is 20.9. The highest BCUT2D eigenvalue weighted by Crippen LogP contribution is 2.18. The second kappa shape index (κ2) is 50.8. The van der Waals surface area contributed by atoms with Gasteiger partial charge in [-0.15, -0.1) is 0 Å². The van der Waals surface area contributed by atoms with Crippen molar-refractivity contribution in [2.75, 3.05) is 13.2 Å². The number of carbonyl (C=O) groups is 3. The molecule has 0 spiro atoms. The first-order chi connectivity index (χ1) is 31.2. The van der Waals surface area contributed by atoms with Crippen LogP contribution in [0.3, 0.4) is 0 Å². The molecule has 0 aromatic carbocycles. The molecule has 0 aromatic heterocycles. The highest BCUT2D eigenvalue weighted by molar-refractivity contribution is 5.71. The quantitative estimate of drug-likeness (QED) is 0.0344. The van der Waals surface area contributed by atoms with Crippen LogP contribution in [0.1, 0.15) is 324 Å². The van der Waals surface area contributed by atoms with Crippen molar-refractivity contribution in [1.29, 1.82) is 0 Å². The van der Waals surface area contributed by atoms with Crippen LogP contribution in [0.5, 0.6) is 0 Å². The summed E-state index contributed by atoms with van der Waals surface area (Å²) >= 11 is 0. The van der Waals surface area contributed by atoms with Crippen molar-refractivity contribution < 1.29 is 28.6 Å². The summed E-state index contributed by atoms with van der Waals surface area (Å²) in [5.74, 6) is 0.861. The SMILES string of the molecule is CCCCCCCCCC(=O)O[C@H](COC(=O)CCCCCCCCCCCCCCCCCCCCC(C)C)COC(=O)CCCCCCCCCCCCCCCCCC(C)C. The lowest BCUT2D eigenvalue weighted by molar-refractivity contribution is -0.167. The van der Waals surface area contributed by atoms with E-state index in [4.69, 9.17) is 14.2 Å². The molecule has 0 heterocycles. The Balaban J connectivity index is 4.08. The van der Waals surface area contributed by atoms with Crippen LogP contribution in [0.2, 0.25) is 0 Å². The smallest absolute Gasteiger partial charge is 0.306 e. The van der Waals surface area contributed by atoms with Gasteiger partial charge in [-0.3, -0.25) is 14.4 Å². The number of hydrogen-bond donors (Lipinski definition) is 0. The molecule has 1 atom stereocenters. The third kappa shape index (κ3) is 51.4. The molecule has 0 aromatic rings. The van der Waals surface area contributed by atoms with Gasteiger partial charge in [0.1, 0.15) is 13.2 Å². The zero-order valence-electron chi connectivity index (χ0n) is 43.9. The summed E-state index contributed by atoms with van der Waals surface area (Å²) < 4.78 is 16.8. The van der Waals surface area contributed by atoms with Gasteiger partial charge in [-0.2, -0.15) is 0 Å². The van der Waals surface area contributed by atoms with Gasteiger partial charge in [0.15, 0.2) is 6.10 Å². The number of unbranched alkanes of at least 4 members (excludes halogenated alkanes) is 37. The minimum absolute atomic E-state index is 0.0634. The normalized spacial score (nSPS) is 12.0. The molecule has 0 unspecified atom stereocenters. The molecule has 6 nitrogen and oxygen atoms in total. The van der Waals surface area contributed by atoms with E-state index in [2.05, 4.69) is 34.6 Å². The number of rotatable bonds is 52. The Labute approximate surface area is 399 Å². The van der Waals surface area contributed by atoms with Crippen LogP contribution in [-0.2, 0) is 28.6 Å². The summed E-state index contributed by atoms with van der Waals surface area (Å²) in [7, 11) is 0. The first kappa shape index (κ1) is 62.4. The summed E-state index contributed by atoms with van der Waals surface area (Å²) in [5, 5.41) is 0. The topological polar surface area (TPSA) is 78.9 Å². The number of hydrogen-bond acceptors (Lipinski definition) is 6. The molecule has 6 heteroatoms. The third-order valence-corrected chi connectivity index (χ3v) is 13.2. The Kier molecular flexibility index (Phi) is 49.6. The molecule has 0 radical (unpaired) electrons. The van der Waals surface area contributed by atoms with E-state index >= 15 is 0 Å². The molecule has 0 aliphatic rings. The molecule has 0 N–H and O–H groups in total. The third-order valence-electron chi connectivity index (χ3n) is 13.2. The van der Waals surface area contributed by atoms with Crippen LogP contribution >= 0.6 is 0 Å². The largest absolute Gasteiger partial charge is 0.462 e. The maximum absolute atomic E-state index is 12.7. The number of carbonyl (C=O) groups excluding carboxylic acids is 3. The van der Waals surface area contributed by atoms with E-state index in [1.54, 1.807) is 0 Å². The summed E-state index contributed by atoms with van der Waals surface area (Å²) in [6.45, 7) is 11.4. The van der Waals surface area contributed by atoms with Crippen LogP contribution in [0.25, 0.3) is 0 Å². The first-order valence-corrected chi connectivity index (χ1v) is 28.7. The molecule has 0 saturated heterocycles. The van der Waals surface area contributed by atoms with Crippen molar-refractivity contribution in [3.8, 4) is 0 Å². The van der Waals surface area contributed by atoms with Crippen LogP contribution in [0.15, 0.2) is 0 Å². The van der Waals surface area contributed by atoms with Gasteiger partial charge in [0.05, 0.1) is 0 Å². The zero-order chi connectivity index (χ0) is 46.8. The molecule has 0 aliphatic carbocycles. The number of esters is 3. The van der Waals surface area contributed by atoms with Gasteiger partial charge >= 0.3 is 17.9 Å². The van der Waals surface area contributed by atoms with Gasteiger partial charge in [-0.25, -0.2) is 0 Å².